The average molecular weight is 815 g/mol. The number of nitrogens with zero attached hydrogens (tertiary/aromatic N) is 4. The standard InChI is InChI=1S/C47H58N6O5Si/c1-31(2)11-10-12-32(3)21-25-53-42-20-15-35(49-44(55)27-34-29-48-41-14-9-8-13-39(34)41)28-40(42)47(46(53)56)33(4)45(59(6,7)38-18-16-37(57-5)17-19-38)43(58-47)22-24-52-30-36(23-26-54)50-51-52/h8-9,11,13-21,28-30,33,43,45,48,54H,10,12,22-27H2,1-7H3,(H,49,55)/b32-21+/t33-,43+,45-,47+/m1/s1. The highest BCUT2D eigenvalue weighted by Crippen LogP contribution is 2.60. The number of ether oxygens (including phenoxy) is 2. The molecular formula is C47H58N6O5Si. The van der Waals surface area contributed by atoms with Gasteiger partial charge in [-0.1, -0.05) is 84.0 Å². The number of rotatable bonds is 16. The Labute approximate surface area is 348 Å². The number of nitrogens with one attached hydrogen (secondary N) is 2. The number of aliphatic hydroxyl groups is 1. The Kier molecular flexibility index (Phi) is 12.4. The van der Waals surface area contributed by atoms with Crippen LogP contribution in [0.2, 0.25) is 18.6 Å². The first kappa shape index (κ1) is 41.8. The summed E-state index contributed by atoms with van der Waals surface area (Å²) in [6.45, 7) is 14.2. The number of amides is 2. The van der Waals surface area contributed by atoms with Gasteiger partial charge in [0.1, 0.15) is 5.75 Å². The van der Waals surface area contributed by atoms with Crippen LogP contribution in [0.1, 0.15) is 63.8 Å². The minimum absolute atomic E-state index is 0.00184. The number of allylic oxidation sites excluding steroid dienone is 3. The second-order valence-electron chi connectivity index (χ2n) is 17.0. The summed E-state index contributed by atoms with van der Waals surface area (Å²) in [5.74, 6) is 0.366. The number of carbonyl (C=O) groups excluding carboxylic acids is 2. The second kappa shape index (κ2) is 17.5. The lowest BCUT2D eigenvalue weighted by molar-refractivity contribution is -0.145. The third-order valence-corrected chi connectivity index (χ3v) is 16.8. The number of hydrogen-bond acceptors (Lipinski definition) is 7. The van der Waals surface area contributed by atoms with Crippen molar-refractivity contribution in [3.8, 4) is 5.75 Å². The van der Waals surface area contributed by atoms with E-state index in [2.05, 4.69) is 85.7 Å². The fourth-order valence-corrected chi connectivity index (χ4v) is 13.4. The molecular weight excluding hydrogens is 757 g/mol. The maximum atomic E-state index is 15.4. The number of aryl methyl sites for hydroxylation is 1. The van der Waals surface area contributed by atoms with E-state index in [0.29, 0.717) is 31.6 Å². The molecule has 0 unspecified atom stereocenters. The molecule has 5 aromatic rings. The topological polar surface area (TPSA) is 135 Å². The van der Waals surface area contributed by atoms with Crippen molar-refractivity contribution in [2.75, 3.05) is 30.5 Å². The van der Waals surface area contributed by atoms with Gasteiger partial charge in [-0.05, 0) is 87.5 Å². The SMILES string of the molecule is COc1ccc([Si](C)(C)[C@H]2[C@H](CCn3cc(CCO)nn3)O[C@@]3(C(=O)N(C/C=C(\C)CCC=C(C)C)c4ccc(NC(=O)Cc5c[nH]c6ccccc56)cc43)[C@@H]2C)cc1. The fraction of sp³-hybridized carbons (Fsp3) is 0.404. The molecule has 1 fully saturated rings. The van der Waals surface area contributed by atoms with Crippen LogP contribution < -0.4 is 20.1 Å². The highest BCUT2D eigenvalue weighted by Gasteiger charge is 2.66. The number of benzene rings is 3. The smallest absolute Gasteiger partial charge is 0.264 e. The van der Waals surface area contributed by atoms with Gasteiger partial charge in [0.25, 0.3) is 5.91 Å². The van der Waals surface area contributed by atoms with Gasteiger partial charge in [0.05, 0.1) is 39.1 Å². The number of aliphatic hydroxyl groups excluding tert-OH is 1. The number of aromatic amines is 1. The Morgan fingerprint density at radius 2 is 1.86 bits per heavy atom. The van der Waals surface area contributed by atoms with E-state index < -0.39 is 13.7 Å². The summed E-state index contributed by atoms with van der Waals surface area (Å²) < 4.78 is 14.7. The number of anilines is 2. The highest BCUT2D eigenvalue weighted by molar-refractivity contribution is 6.91. The van der Waals surface area contributed by atoms with Crippen LogP contribution in [0.5, 0.6) is 5.75 Å². The van der Waals surface area contributed by atoms with Crippen LogP contribution in [-0.2, 0) is 39.3 Å². The quantitative estimate of drug-likeness (QED) is 0.0683. The first-order chi connectivity index (χ1) is 28.3. The Hall–Kier alpha value is -5.30. The summed E-state index contributed by atoms with van der Waals surface area (Å²) in [5, 5.41) is 23.5. The number of fused-ring (bicyclic) bond motifs is 3. The lowest BCUT2D eigenvalue weighted by Gasteiger charge is -2.37. The molecule has 4 heterocycles. The van der Waals surface area contributed by atoms with Gasteiger partial charge >= 0.3 is 0 Å². The molecule has 3 aromatic carbocycles. The molecule has 2 aliphatic rings. The zero-order valence-electron chi connectivity index (χ0n) is 35.4. The van der Waals surface area contributed by atoms with Crippen LogP contribution in [-0.4, -0.2) is 71.3 Å². The normalized spacial score (nSPS) is 20.4. The first-order valence-corrected chi connectivity index (χ1v) is 23.9. The zero-order valence-corrected chi connectivity index (χ0v) is 36.4. The molecule has 0 aliphatic carbocycles. The van der Waals surface area contributed by atoms with Crippen LogP contribution in [0.4, 0.5) is 11.4 Å². The van der Waals surface area contributed by atoms with Crippen molar-refractivity contribution in [3.05, 3.63) is 119 Å². The average Bonchev–Trinajstić information content (AvgIpc) is 3.97. The third-order valence-electron chi connectivity index (χ3n) is 12.5. The maximum absolute atomic E-state index is 15.4. The van der Waals surface area contributed by atoms with Crippen molar-refractivity contribution in [2.24, 2.45) is 5.92 Å². The summed E-state index contributed by atoms with van der Waals surface area (Å²) in [6.07, 6.45) is 11.0. The molecule has 12 heteroatoms. The van der Waals surface area contributed by atoms with Crippen molar-refractivity contribution >= 4 is 47.4 Å². The Morgan fingerprint density at radius 1 is 1.08 bits per heavy atom. The summed E-state index contributed by atoms with van der Waals surface area (Å²) in [7, 11) is -0.725. The summed E-state index contributed by atoms with van der Waals surface area (Å²) in [4.78, 5) is 34.2. The van der Waals surface area contributed by atoms with Crippen molar-refractivity contribution < 1.29 is 24.2 Å². The van der Waals surface area contributed by atoms with E-state index >= 15 is 4.79 Å². The number of H-pyrrole nitrogens is 1. The van der Waals surface area contributed by atoms with E-state index in [1.54, 1.807) is 7.11 Å². The number of carbonyl (C=O) groups is 2. The monoisotopic (exact) mass is 814 g/mol. The largest absolute Gasteiger partial charge is 0.497 e. The van der Waals surface area contributed by atoms with Crippen molar-refractivity contribution in [2.45, 2.75) is 96.7 Å². The molecule has 0 saturated carbocycles. The zero-order chi connectivity index (χ0) is 41.9. The molecule has 0 radical (unpaired) electrons. The molecule has 1 spiro atoms. The molecule has 2 aliphatic heterocycles. The Morgan fingerprint density at radius 3 is 2.61 bits per heavy atom. The highest BCUT2D eigenvalue weighted by atomic mass is 28.3. The summed E-state index contributed by atoms with van der Waals surface area (Å²) in [5.41, 5.74) is 6.10. The van der Waals surface area contributed by atoms with Crippen molar-refractivity contribution in [3.63, 3.8) is 0 Å². The molecule has 1 saturated heterocycles. The van der Waals surface area contributed by atoms with Crippen molar-refractivity contribution in [1.82, 2.24) is 20.0 Å². The van der Waals surface area contributed by atoms with E-state index in [0.717, 1.165) is 52.0 Å². The molecule has 59 heavy (non-hydrogen) atoms. The fourth-order valence-electron chi connectivity index (χ4n) is 9.37. The molecule has 0 bridgehead atoms. The van der Waals surface area contributed by atoms with Gasteiger partial charge in [-0.25, -0.2) is 0 Å². The van der Waals surface area contributed by atoms with Gasteiger partial charge in [0.15, 0.2) is 5.60 Å². The lowest BCUT2D eigenvalue weighted by atomic mass is 9.82. The van der Waals surface area contributed by atoms with Crippen LogP contribution in [0, 0.1) is 5.92 Å². The second-order valence-corrected chi connectivity index (χ2v) is 21.7. The summed E-state index contributed by atoms with van der Waals surface area (Å²) in [6, 6.07) is 22.2. The molecule has 11 nitrogen and oxygen atoms in total. The van der Waals surface area contributed by atoms with Gasteiger partial charge in [-0.2, -0.15) is 0 Å². The number of aromatic nitrogens is 4. The number of para-hydroxylation sites is 1. The minimum Gasteiger partial charge on any atom is -0.497 e. The Balaban J connectivity index is 1.27. The summed E-state index contributed by atoms with van der Waals surface area (Å²) >= 11 is 0. The van der Waals surface area contributed by atoms with Crippen molar-refractivity contribution in [1.29, 1.82) is 0 Å². The van der Waals surface area contributed by atoms with Gasteiger partial charge in [-0.3, -0.25) is 14.3 Å². The predicted molar refractivity (Wildman–Crippen MR) is 237 cm³/mol. The predicted octanol–water partition coefficient (Wildman–Crippen LogP) is 7.83. The van der Waals surface area contributed by atoms with Crippen LogP contribution in [0.3, 0.4) is 0 Å². The van der Waals surface area contributed by atoms with Crippen LogP contribution in [0.25, 0.3) is 10.9 Å². The van der Waals surface area contributed by atoms with Gasteiger partial charge in [0.2, 0.25) is 5.91 Å². The minimum atomic E-state index is -2.40. The van der Waals surface area contributed by atoms with E-state index in [9.17, 15) is 9.90 Å². The third kappa shape index (κ3) is 8.44. The molecule has 2 amide bonds. The molecule has 310 valence electrons. The van der Waals surface area contributed by atoms with E-state index in [4.69, 9.17) is 9.47 Å². The van der Waals surface area contributed by atoms with Gasteiger partial charge in [-0.15, -0.1) is 5.10 Å². The number of hydrogen-bond donors (Lipinski definition) is 3. The molecule has 2 aromatic heterocycles. The molecule has 4 atom stereocenters. The van der Waals surface area contributed by atoms with E-state index in [1.807, 2.05) is 76.6 Å². The molecule has 7 rings (SSSR count). The Bertz CT molecular complexity index is 2360. The van der Waals surface area contributed by atoms with E-state index in [-0.39, 0.29) is 42.4 Å². The van der Waals surface area contributed by atoms with Gasteiger partial charge in [0, 0.05) is 66.6 Å². The first-order valence-electron chi connectivity index (χ1n) is 20.8. The van der Waals surface area contributed by atoms with Crippen LogP contribution in [0.15, 0.2) is 102 Å². The van der Waals surface area contributed by atoms with E-state index in [1.165, 1.54) is 16.3 Å². The number of methoxy groups -OCH3 is 1. The lowest BCUT2D eigenvalue weighted by Crippen LogP contribution is -2.52. The molecule has 3 N–H and O–H groups in total. The maximum Gasteiger partial charge on any atom is 0.264 e. The van der Waals surface area contributed by atoms with Gasteiger partial charge < -0.3 is 29.8 Å². The van der Waals surface area contributed by atoms with Crippen LogP contribution >= 0.6 is 0 Å².